The van der Waals surface area contributed by atoms with Crippen LogP contribution in [0, 0.1) is 11.7 Å². The van der Waals surface area contributed by atoms with Crippen LogP contribution in [0.3, 0.4) is 0 Å². The molecule has 3 N–H and O–H groups in total. The van der Waals surface area contributed by atoms with Crippen molar-refractivity contribution in [3.05, 3.63) is 24.0 Å². The van der Waals surface area contributed by atoms with Gasteiger partial charge in [-0.1, -0.05) is 13.8 Å². The zero-order valence-corrected chi connectivity index (χ0v) is 11.7. The number of carbonyl (C=O) groups is 1. The largest absolute Gasteiger partial charge is 0.399 e. The van der Waals surface area contributed by atoms with Gasteiger partial charge in [-0.15, -0.1) is 11.8 Å². The summed E-state index contributed by atoms with van der Waals surface area (Å²) in [7, 11) is 0. The summed E-state index contributed by atoms with van der Waals surface area (Å²) in [4.78, 5) is 12.4. The quantitative estimate of drug-likeness (QED) is 0.639. The van der Waals surface area contributed by atoms with Crippen LogP contribution in [-0.4, -0.2) is 17.7 Å². The first-order valence-electron chi connectivity index (χ1n) is 5.89. The second-order valence-corrected chi connectivity index (χ2v) is 6.03. The summed E-state index contributed by atoms with van der Waals surface area (Å²) < 4.78 is 13.1. The number of anilines is 1. The van der Waals surface area contributed by atoms with E-state index in [-0.39, 0.29) is 17.0 Å². The van der Waals surface area contributed by atoms with Crippen molar-refractivity contribution < 1.29 is 9.18 Å². The van der Waals surface area contributed by atoms with Crippen LogP contribution in [0.5, 0.6) is 0 Å². The molecule has 0 spiro atoms. The third kappa shape index (κ3) is 4.96. The molecule has 18 heavy (non-hydrogen) atoms. The normalized spacial score (nSPS) is 12.5. The molecular formula is C13H19FN2OS. The summed E-state index contributed by atoms with van der Waals surface area (Å²) >= 11 is 1.30. The summed E-state index contributed by atoms with van der Waals surface area (Å²) in [5.41, 5.74) is 5.92. The highest BCUT2D eigenvalue weighted by molar-refractivity contribution is 8.00. The van der Waals surface area contributed by atoms with Crippen LogP contribution in [0.2, 0.25) is 0 Å². The first kappa shape index (κ1) is 14.8. The van der Waals surface area contributed by atoms with Crippen molar-refractivity contribution in [3.8, 4) is 0 Å². The van der Waals surface area contributed by atoms with E-state index in [1.165, 1.54) is 23.9 Å². The average molecular weight is 270 g/mol. The molecule has 1 aromatic rings. The minimum absolute atomic E-state index is 0.0449. The van der Waals surface area contributed by atoms with Gasteiger partial charge in [-0.2, -0.15) is 0 Å². The van der Waals surface area contributed by atoms with Crippen molar-refractivity contribution in [2.75, 3.05) is 12.3 Å². The molecule has 1 atom stereocenters. The molecule has 0 aliphatic carbocycles. The lowest BCUT2D eigenvalue weighted by atomic mass is 10.2. The second-order valence-electron chi connectivity index (χ2n) is 4.62. The van der Waals surface area contributed by atoms with E-state index >= 15 is 0 Å². The number of hydrogen-bond donors (Lipinski definition) is 2. The molecular weight excluding hydrogens is 251 g/mol. The standard InChI is InChI=1S/C13H19FN2OS/c1-8(2)7-16-13(17)9(3)18-12-5-10(14)4-11(15)6-12/h4-6,8-9H,7,15H2,1-3H3,(H,16,17). The number of halogens is 1. The molecule has 1 unspecified atom stereocenters. The third-order valence-corrected chi connectivity index (χ3v) is 3.34. The molecule has 1 amide bonds. The van der Waals surface area contributed by atoms with Crippen LogP contribution in [0.15, 0.2) is 23.1 Å². The maximum atomic E-state index is 13.1. The lowest BCUT2D eigenvalue weighted by Crippen LogP contribution is -2.33. The number of nitrogen functional groups attached to an aromatic ring is 1. The molecule has 5 heteroatoms. The maximum absolute atomic E-state index is 13.1. The van der Waals surface area contributed by atoms with Gasteiger partial charge in [0.1, 0.15) is 5.82 Å². The summed E-state index contributed by atoms with van der Waals surface area (Å²) in [5.74, 6) is -0.0141. The van der Waals surface area contributed by atoms with Gasteiger partial charge in [0, 0.05) is 17.1 Å². The van der Waals surface area contributed by atoms with Gasteiger partial charge >= 0.3 is 0 Å². The molecule has 0 saturated carbocycles. The zero-order chi connectivity index (χ0) is 13.7. The summed E-state index contributed by atoms with van der Waals surface area (Å²) in [5, 5.41) is 2.57. The van der Waals surface area contributed by atoms with Crippen LogP contribution in [0.4, 0.5) is 10.1 Å². The van der Waals surface area contributed by atoms with Gasteiger partial charge < -0.3 is 11.1 Å². The molecule has 1 rings (SSSR count). The lowest BCUT2D eigenvalue weighted by Gasteiger charge is -2.13. The van der Waals surface area contributed by atoms with Crippen LogP contribution in [-0.2, 0) is 4.79 Å². The topological polar surface area (TPSA) is 55.1 Å². The number of nitrogens with two attached hydrogens (primary N) is 1. The van der Waals surface area contributed by atoms with Crippen LogP contribution < -0.4 is 11.1 Å². The van der Waals surface area contributed by atoms with Crippen molar-refractivity contribution in [2.45, 2.75) is 30.9 Å². The van der Waals surface area contributed by atoms with E-state index in [9.17, 15) is 9.18 Å². The number of nitrogens with one attached hydrogen (secondary N) is 1. The van der Waals surface area contributed by atoms with E-state index in [1.807, 2.05) is 13.8 Å². The minimum Gasteiger partial charge on any atom is -0.399 e. The van der Waals surface area contributed by atoms with Crippen molar-refractivity contribution in [1.29, 1.82) is 0 Å². The number of carbonyl (C=O) groups excluding carboxylic acids is 1. The second kappa shape index (κ2) is 6.64. The van der Waals surface area contributed by atoms with Crippen LogP contribution in [0.1, 0.15) is 20.8 Å². The monoisotopic (exact) mass is 270 g/mol. The van der Waals surface area contributed by atoms with Crippen LogP contribution in [0.25, 0.3) is 0 Å². The molecule has 0 radical (unpaired) electrons. The highest BCUT2D eigenvalue weighted by atomic mass is 32.2. The van der Waals surface area contributed by atoms with Gasteiger partial charge in [0.25, 0.3) is 0 Å². The number of hydrogen-bond acceptors (Lipinski definition) is 3. The van der Waals surface area contributed by atoms with E-state index in [1.54, 1.807) is 13.0 Å². The van der Waals surface area contributed by atoms with E-state index < -0.39 is 0 Å². The fourth-order valence-corrected chi connectivity index (χ4v) is 2.34. The minimum atomic E-state index is -0.382. The predicted octanol–water partition coefficient (Wildman–Crippen LogP) is 2.66. The lowest BCUT2D eigenvalue weighted by molar-refractivity contribution is -0.120. The number of rotatable bonds is 5. The summed E-state index contributed by atoms with van der Waals surface area (Å²) in [6.07, 6.45) is 0. The van der Waals surface area contributed by atoms with E-state index in [2.05, 4.69) is 5.32 Å². The van der Waals surface area contributed by atoms with Gasteiger partial charge in [0.15, 0.2) is 0 Å². The van der Waals surface area contributed by atoms with Gasteiger partial charge in [0.2, 0.25) is 5.91 Å². The van der Waals surface area contributed by atoms with Gasteiger partial charge in [-0.05, 0) is 31.0 Å². The molecule has 1 aromatic carbocycles. The first-order chi connectivity index (χ1) is 8.38. The van der Waals surface area contributed by atoms with E-state index in [0.29, 0.717) is 23.0 Å². The smallest absolute Gasteiger partial charge is 0.233 e. The highest BCUT2D eigenvalue weighted by Gasteiger charge is 2.14. The van der Waals surface area contributed by atoms with Gasteiger partial charge in [-0.25, -0.2) is 4.39 Å². The Hall–Kier alpha value is -1.23. The average Bonchev–Trinajstić information content (AvgIpc) is 2.24. The Labute approximate surface area is 111 Å². The Morgan fingerprint density at radius 3 is 2.61 bits per heavy atom. The molecule has 0 saturated heterocycles. The molecule has 0 bridgehead atoms. The molecule has 0 fully saturated rings. The fraction of sp³-hybridized carbons (Fsp3) is 0.462. The molecule has 100 valence electrons. The molecule has 0 aromatic heterocycles. The first-order valence-corrected chi connectivity index (χ1v) is 6.77. The Bertz CT molecular complexity index is 403. The summed E-state index contributed by atoms with van der Waals surface area (Å²) in [6.45, 7) is 6.51. The highest BCUT2D eigenvalue weighted by Crippen LogP contribution is 2.26. The predicted molar refractivity (Wildman–Crippen MR) is 74.0 cm³/mol. The van der Waals surface area contributed by atoms with E-state index in [4.69, 9.17) is 5.73 Å². The number of thioether (sulfide) groups is 1. The van der Waals surface area contributed by atoms with E-state index in [0.717, 1.165) is 0 Å². The third-order valence-electron chi connectivity index (χ3n) is 2.26. The van der Waals surface area contributed by atoms with Gasteiger partial charge in [-0.3, -0.25) is 4.79 Å². The zero-order valence-electron chi connectivity index (χ0n) is 10.9. The maximum Gasteiger partial charge on any atom is 0.233 e. The Morgan fingerprint density at radius 1 is 1.39 bits per heavy atom. The Morgan fingerprint density at radius 2 is 2.06 bits per heavy atom. The number of benzene rings is 1. The summed E-state index contributed by atoms with van der Waals surface area (Å²) in [6, 6.07) is 4.31. The molecule has 3 nitrogen and oxygen atoms in total. The Kier molecular flexibility index (Phi) is 5.47. The van der Waals surface area contributed by atoms with Crippen molar-refractivity contribution >= 4 is 23.4 Å². The van der Waals surface area contributed by atoms with Crippen molar-refractivity contribution in [3.63, 3.8) is 0 Å². The molecule has 0 heterocycles. The molecule has 0 aliphatic heterocycles. The fourth-order valence-electron chi connectivity index (χ4n) is 1.36. The van der Waals surface area contributed by atoms with Crippen molar-refractivity contribution in [2.24, 2.45) is 5.92 Å². The van der Waals surface area contributed by atoms with Crippen LogP contribution >= 0.6 is 11.8 Å². The van der Waals surface area contributed by atoms with Crippen molar-refractivity contribution in [1.82, 2.24) is 5.32 Å². The van der Waals surface area contributed by atoms with Gasteiger partial charge in [0.05, 0.1) is 5.25 Å². The SMILES string of the molecule is CC(C)CNC(=O)C(C)Sc1cc(N)cc(F)c1. The Balaban J connectivity index is 2.58. The molecule has 0 aliphatic rings. The number of amides is 1.